The fraction of sp³-hybridized carbons (Fsp3) is 0.600. The number of nitrogens with zero attached hydrogens (tertiary/aromatic N) is 1. The Balaban J connectivity index is 1.97. The third-order valence-corrected chi connectivity index (χ3v) is 4.03. The van der Waals surface area contributed by atoms with Crippen molar-refractivity contribution in [3.05, 3.63) is 23.4 Å². The molecule has 1 heterocycles. The van der Waals surface area contributed by atoms with Crippen LogP contribution in [0.4, 0.5) is 0 Å². The lowest BCUT2D eigenvalue weighted by atomic mass is 9.97. The lowest BCUT2D eigenvalue weighted by Crippen LogP contribution is -2.23. The molecule has 1 aromatic heterocycles. The maximum Gasteiger partial charge on any atom is 0.339 e. The molecule has 1 saturated carbocycles. The maximum absolute atomic E-state index is 11.5. The summed E-state index contributed by atoms with van der Waals surface area (Å²) in [5, 5.41) is 0. The number of pyridine rings is 1. The molecule has 1 aromatic rings. The molecule has 0 saturated heterocycles. The van der Waals surface area contributed by atoms with E-state index < -0.39 is 0 Å². The standard InChI is InChI=1S/C15H22N2O3/c1-10-13(15(18)19-2)6-7-14(17-10)20-9-12-5-3-4-11(12)8-16/h6-7,11-12H,3-5,8-9,16H2,1-2H3. The summed E-state index contributed by atoms with van der Waals surface area (Å²) < 4.78 is 10.4. The van der Waals surface area contributed by atoms with E-state index in [4.69, 9.17) is 15.2 Å². The monoisotopic (exact) mass is 278 g/mol. The molecule has 2 atom stereocenters. The highest BCUT2D eigenvalue weighted by molar-refractivity contribution is 5.90. The number of nitrogens with two attached hydrogens (primary N) is 1. The van der Waals surface area contributed by atoms with Gasteiger partial charge in [-0.15, -0.1) is 0 Å². The Morgan fingerprint density at radius 1 is 1.40 bits per heavy atom. The molecular formula is C15H22N2O3. The number of esters is 1. The van der Waals surface area contributed by atoms with Crippen molar-refractivity contribution in [3.63, 3.8) is 0 Å². The number of hydrogen-bond acceptors (Lipinski definition) is 5. The third kappa shape index (κ3) is 3.28. The fourth-order valence-corrected chi connectivity index (χ4v) is 2.78. The van der Waals surface area contributed by atoms with E-state index in [1.807, 2.05) is 0 Å². The van der Waals surface area contributed by atoms with Crippen molar-refractivity contribution in [1.82, 2.24) is 4.98 Å². The Hall–Kier alpha value is -1.62. The first kappa shape index (κ1) is 14.8. The molecule has 0 amide bonds. The normalized spacial score (nSPS) is 21.8. The van der Waals surface area contributed by atoms with Crippen LogP contribution in [0, 0.1) is 18.8 Å². The zero-order valence-electron chi connectivity index (χ0n) is 12.1. The summed E-state index contributed by atoms with van der Waals surface area (Å²) in [7, 11) is 1.36. The minimum Gasteiger partial charge on any atom is -0.477 e. The molecule has 2 unspecified atom stereocenters. The summed E-state index contributed by atoms with van der Waals surface area (Å²) in [5.41, 5.74) is 6.86. The number of carbonyl (C=O) groups is 1. The highest BCUT2D eigenvalue weighted by Gasteiger charge is 2.26. The molecule has 0 radical (unpaired) electrons. The molecule has 0 spiro atoms. The quantitative estimate of drug-likeness (QED) is 0.833. The van der Waals surface area contributed by atoms with Gasteiger partial charge >= 0.3 is 5.97 Å². The SMILES string of the molecule is COC(=O)c1ccc(OCC2CCCC2CN)nc1C. The third-order valence-electron chi connectivity index (χ3n) is 4.03. The van der Waals surface area contributed by atoms with Gasteiger partial charge in [-0.3, -0.25) is 0 Å². The Labute approximate surface area is 119 Å². The van der Waals surface area contributed by atoms with Crippen molar-refractivity contribution in [1.29, 1.82) is 0 Å². The summed E-state index contributed by atoms with van der Waals surface area (Å²) in [4.78, 5) is 15.8. The lowest BCUT2D eigenvalue weighted by molar-refractivity contribution is 0.0599. The van der Waals surface area contributed by atoms with Gasteiger partial charge < -0.3 is 15.2 Å². The molecule has 1 fully saturated rings. The van der Waals surface area contributed by atoms with Crippen molar-refractivity contribution >= 4 is 5.97 Å². The average molecular weight is 278 g/mol. The highest BCUT2D eigenvalue weighted by atomic mass is 16.5. The van der Waals surface area contributed by atoms with E-state index in [2.05, 4.69) is 4.98 Å². The van der Waals surface area contributed by atoms with Gasteiger partial charge in [-0.2, -0.15) is 0 Å². The zero-order valence-corrected chi connectivity index (χ0v) is 12.1. The predicted octanol–water partition coefficient (Wildman–Crippen LogP) is 1.93. The van der Waals surface area contributed by atoms with Crippen LogP contribution >= 0.6 is 0 Å². The summed E-state index contributed by atoms with van der Waals surface area (Å²) >= 11 is 0. The van der Waals surface area contributed by atoms with E-state index in [1.54, 1.807) is 19.1 Å². The lowest BCUT2D eigenvalue weighted by Gasteiger charge is -2.18. The smallest absolute Gasteiger partial charge is 0.339 e. The number of hydrogen-bond donors (Lipinski definition) is 1. The van der Waals surface area contributed by atoms with Crippen LogP contribution in [0.25, 0.3) is 0 Å². The molecule has 0 bridgehead atoms. The van der Waals surface area contributed by atoms with E-state index in [0.717, 1.165) is 6.54 Å². The van der Waals surface area contributed by atoms with Crippen LogP contribution in [0.2, 0.25) is 0 Å². The van der Waals surface area contributed by atoms with E-state index in [9.17, 15) is 4.79 Å². The van der Waals surface area contributed by atoms with Crippen LogP contribution in [-0.4, -0.2) is 31.2 Å². The van der Waals surface area contributed by atoms with Crippen LogP contribution in [-0.2, 0) is 4.74 Å². The first-order valence-electron chi connectivity index (χ1n) is 7.04. The van der Waals surface area contributed by atoms with Crippen LogP contribution in [0.15, 0.2) is 12.1 Å². The first-order chi connectivity index (χ1) is 9.65. The minimum absolute atomic E-state index is 0.375. The zero-order chi connectivity index (χ0) is 14.5. The Kier molecular flexibility index (Phi) is 4.95. The second-order valence-electron chi connectivity index (χ2n) is 5.27. The Bertz CT molecular complexity index is 476. The van der Waals surface area contributed by atoms with E-state index in [1.165, 1.54) is 26.4 Å². The predicted molar refractivity (Wildman–Crippen MR) is 75.7 cm³/mol. The maximum atomic E-state index is 11.5. The van der Waals surface area contributed by atoms with Gasteiger partial charge in [0.25, 0.3) is 0 Å². The largest absolute Gasteiger partial charge is 0.477 e. The van der Waals surface area contributed by atoms with Crippen molar-refractivity contribution < 1.29 is 14.3 Å². The summed E-state index contributed by atoms with van der Waals surface area (Å²) in [6, 6.07) is 3.41. The van der Waals surface area contributed by atoms with Crippen LogP contribution in [0.5, 0.6) is 5.88 Å². The number of aryl methyl sites for hydroxylation is 1. The second kappa shape index (κ2) is 6.70. The molecule has 110 valence electrons. The summed E-state index contributed by atoms with van der Waals surface area (Å²) in [6.07, 6.45) is 3.59. The summed E-state index contributed by atoms with van der Waals surface area (Å²) in [5.74, 6) is 1.26. The van der Waals surface area contributed by atoms with Gasteiger partial charge in [-0.1, -0.05) is 6.42 Å². The van der Waals surface area contributed by atoms with Crippen LogP contribution in [0.1, 0.15) is 35.3 Å². The van der Waals surface area contributed by atoms with Crippen LogP contribution in [0.3, 0.4) is 0 Å². The van der Waals surface area contributed by atoms with Gasteiger partial charge in [0.2, 0.25) is 5.88 Å². The number of methoxy groups -OCH3 is 1. The highest BCUT2D eigenvalue weighted by Crippen LogP contribution is 2.31. The average Bonchev–Trinajstić information content (AvgIpc) is 2.92. The molecule has 5 nitrogen and oxygen atoms in total. The molecule has 20 heavy (non-hydrogen) atoms. The molecular weight excluding hydrogens is 256 g/mol. The molecule has 1 aliphatic carbocycles. The number of rotatable bonds is 5. The molecule has 0 aromatic carbocycles. The molecule has 2 N–H and O–H groups in total. The van der Waals surface area contributed by atoms with Crippen molar-refractivity contribution in [2.45, 2.75) is 26.2 Å². The first-order valence-corrected chi connectivity index (χ1v) is 7.04. The molecule has 5 heteroatoms. The van der Waals surface area contributed by atoms with Gasteiger partial charge in [-0.05, 0) is 44.2 Å². The number of aromatic nitrogens is 1. The minimum atomic E-state index is -0.375. The fourth-order valence-electron chi connectivity index (χ4n) is 2.78. The Morgan fingerprint density at radius 2 is 2.15 bits per heavy atom. The van der Waals surface area contributed by atoms with Crippen molar-refractivity contribution in [2.75, 3.05) is 20.3 Å². The van der Waals surface area contributed by atoms with E-state index >= 15 is 0 Å². The topological polar surface area (TPSA) is 74.4 Å². The molecule has 2 rings (SSSR count). The second-order valence-corrected chi connectivity index (χ2v) is 5.27. The van der Waals surface area contributed by atoms with Gasteiger partial charge in [0.15, 0.2) is 0 Å². The number of ether oxygens (including phenoxy) is 2. The molecule has 1 aliphatic rings. The number of carbonyl (C=O) groups excluding carboxylic acids is 1. The van der Waals surface area contributed by atoms with Gasteiger partial charge in [0.1, 0.15) is 0 Å². The van der Waals surface area contributed by atoms with E-state index in [-0.39, 0.29) is 5.97 Å². The van der Waals surface area contributed by atoms with Gasteiger partial charge in [0, 0.05) is 6.07 Å². The summed E-state index contributed by atoms with van der Waals surface area (Å²) in [6.45, 7) is 3.14. The van der Waals surface area contributed by atoms with Crippen molar-refractivity contribution in [3.8, 4) is 5.88 Å². The van der Waals surface area contributed by atoms with E-state index in [0.29, 0.717) is 35.6 Å². The molecule has 0 aliphatic heterocycles. The van der Waals surface area contributed by atoms with Crippen LogP contribution < -0.4 is 10.5 Å². The van der Waals surface area contributed by atoms with Crippen molar-refractivity contribution in [2.24, 2.45) is 17.6 Å². The van der Waals surface area contributed by atoms with Gasteiger partial charge in [-0.25, -0.2) is 9.78 Å². The van der Waals surface area contributed by atoms with Gasteiger partial charge in [0.05, 0.1) is 25.0 Å². The Morgan fingerprint density at radius 3 is 2.80 bits per heavy atom.